The van der Waals surface area contributed by atoms with E-state index in [0.717, 1.165) is 0 Å². The summed E-state index contributed by atoms with van der Waals surface area (Å²) in [5, 5.41) is 0. The summed E-state index contributed by atoms with van der Waals surface area (Å²) in [4.78, 5) is 10.3. The van der Waals surface area contributed by atoms with Gasteiger partial charge in [-0.1, -0.05) is 27.7 Å². The number of rotatable bonds is 4. The molecule has 0 saturated carbocycles. The van der Waals surface area contributed by atoms with E-state index in [4.69, 9.17) is 4.74 Å². The number of hydrogen-bond donors (Lipinski definition) is 0. The minimum atomic E-state index is -4.21. The summed E-state index contributed by atoms with van der Waals surface area (Å²) in [5.41, 5.74) is 0.457. The lowest BCUT2D eigenvalue weighted by atomic mass is 10.2. The van der Waals surface area contributed by atoms with Crippen LogP contribution in [0.5, 0.6) is 5.75 Å². The Hall–Kier alpha value is -1.52. The fourth-order valence-electron chi connectivity index (χ4n) is 0.927. The monoisotopic (exact) mass is 278 g/mol. The largest absolute Gasteiger partial charge is 0.493 e. The van der Waals surface area contributed by atoms with Gasteiger partial charge in [-0.3, -0.25) is 4.79 Å². The van der Waals surface area contributed by atoms with E-state index in [0.29, 0.717) is 17.6 Å². The minimum absolute atomic E-state index is 0.324. The maximum atomic E-state index is 11.8. The van der Waals surface area contributed by atoms with E-state index in [1.807, 2.05) is 27.7 Å². The van der Waals surface area contributed by atoms with Gasteiger partial charge < -0.3 is 4.74 Å². The molecule has 110 valence electrons. The summed E-state index contributed by atoms with van der Waals surface area (Å²) in [6, 6.07) is 5.88. The predicted molar refractivity (Wildman–Crippen MR) is 70.7 cm³/mol. The topological polar surface area (TPSA) is 26.3 Å². The van der Waals surface area contributed by atoms with Crippen LogP contribution in [0.2, 0.25) is 0 Å². The van der Waals surface area contributed by atoms with Crippen LogP contribution in [0.25, 0.3) is 0 Å². The first kappa shape index (κ1) is 19.8. The first-order chi connectivity index (χ1) is 9.01. The van der Waals surface area contributed by atoms with Gasteiger partial charge in [-0.2, -0.15) is 13.2 Å². The third-order valence-corrected chi connectivity index (χ3v) is 1.67. The van der Waals surface area contributed by atoms with E-state index in [1.165, 1.54) is 24.3 Å². The van der Waals surface area contributed by atoms with Crippen LogP contribution < -0.4 is 4.74 Å². The Morgan fingerprint density at radius 2 is 1.53 bits per heavy atom. The highest BCUT2D eigenvalue weighted by molar-refractivity contribution is 5.74. The smallest absolute Gasteiger partial charge is 0.392 e. The van der Waals surface area contributed by atoms with Crippen LogP contribution in [0.1, 0.15) is 44.5 Å². The lowest BCUT2D eigenvalue weighted by Crippen LogP contribution is -2.12. The Morgan fingerprint density at radius 3 is 1.89 bits per heavy atom. The minimum Gasteiger partial charge on any atom is -0.493 e. The quantitative estimate of drug-likeness (QED) is 0.733. The van der Waals surface area contributed by atoms with E-state index in [-0.39, 0.29) is 0 Å². The Balaban J connectivity index is 0. The van der Waals surface area contributed by atoms with Crippen LogP contribution in [0.3, 0.4) is 0 Å². The Morgan fingerprint density at radius 1 is 1.05 bits per heavy atom. The van der Waals surface area contributed by atoms with Crippen molar-refractivity contribution in [2.75, 3.05) is 6.61 Å². The highest BCUT2D eigenvalue weighted by Gasteiger charge is 2.26. The number of benzene rings is 1. The van der Waals surface area contributed by atoms with Crippen LogP contribution in [0.4, 0.5) is 13.2 Å². The maximum Gasteiger partial charge on any atom is 0.392 e. The second kappa shape index (κ2) is 11.6. The van der Waals surface area contributed by atoms with Gasteiger partial charge in [0.15, 0.2) is 0 Å². The first-order valence-corrected chi connectivity index (χ1v) is 6.26. The number of hydrogen-bond acceptors (Lipinski definition) is 2. The third-order valence-electron chi connectivity index (χ3n) is 1.67. The van der Waals surface area contributed by atoms with Crippen LogP contribution in [-0.4, -0.2) is 19.1 Å². The van der Waals surface area contributed by atoms with Crippen molar-refractivity contribution in [1.82, 2.24) is 0 Å². The normalized spacial score (nSPS) is 9.42. The average molecular weight is 278 g/mol. The molecule has 0 aliphatic carbocycles. The third kappa shape index (κ3) is 11.3. The molecule has 2 nitrogen and oxygen atoms in total. The van der Waals surface area contributed by atoms with Crippen molar-refractivity contribution in [2.24, 2.45) is 0 Å². The summed E-state index contributed by atoms with van der Waals surface area (Å²) >= 11 is 0. The average Bonchev–Trinajstić information content (AvgIpc) is 2.43. The molecule has 0 unspecified atom stereocenters. The van der Waals surface area contributed by atoms with E-state index < -0.39 is 19.2 Å². The Bertz CT molecular complexity index is 318. The first-order valence-electron chi connectivity index (χ1n) is 6.26. The molecule has 0 aliphatic heterocycles. The van der Waals surface area contributed by atoms with Gasteiger partial charge in [0.2, 0.25) is 0 Å². The molecule has 0 bridgehead atoms. The van der Waals surface area contributed by atoms with Crippen molar-refractivity contribution in [3.05, 3.63) is 29.8 Å². The zero-order valence-electron chi connectivity index (χ0n) is 11.8. The number of halogens is 3. The van der Waals surface area contributed by atoms with Crippen molar-refractivity contribution in [3.8, 4) is 5.75 Å². The van der Waals surface area contributed by atoms with Gasteiger partial charge >= 0.3 is 6.18 Å². The van der Waals surface area contributed by atoms with E-state index >= 15 is 0 Å². The fourth-order valence-corrected chi connectivity index (χ4v) is 0.927. The molecule has 1 rings (SSSR count). The standard InChI is InChI=1S/C10H9F3O2.2C2H6/c11-10(12,13)5-6-15-9-3-1-8(7-14)2-4-9;2*1-2/h1-4,7H,5-6H2;2*1-2H3. The molecular weight excluding hydrogens is 257 g/mol. The highest BCUT2D eigenvalue weighted by atomic mass is 19.4. The highest BCUT2D eigenvalue weighted by Crippen LogP contribution is 2.20. The number of alkyl halides is 3. The molecule has 0 N–H and O–H groups in total. The van der Waals surface area contributed by atoms with Gasteiger partial charge in [-0.05, 0) is 24.3 Å². The molecule has 5 heteroatoms. The van der Waals surface area contributed by atoms with E-state index in [1.54, 1.807) is 0 Å². The number of ether oxygens (including phenoxy) is 1. The Labute approximate surface area is 112 Å². The number of aldehydes is 1. The van der Waals surface area contributed by atoms with Crippen LogP contribution in [0.15, 0.2) is 24.3 Å². The Kier molecular flexibility index (Phi) is 12.1. The molecule has 0 radical (unpaired) electrons. The van der Waals surface area contributed by atoms with Crippen LogP contribution >= 0.6 is 0 Å². The molecule has 0 aromatic heterocycles. The molecule has 0 amide bonds. The van der Waals surface area contributed by atoms with Gasteiger partial charge in [0.25, 0.3) is 0 Å². The van der Waals surface area contributed by atoms with Crippen LogP contribution in [0, 0.1) is 0 Å². The van der Waals surface area contributed by atoms with Gasteiger partial charge in [-0.15, -0.1) is 0 Å². The fraction of sp³-hybridized carbons (Fsp3) is 0.500. The van der Waals surface area contributed by atoms with Crippen LogP contribution in [-0.2, 0) is 0 Å². The molecule has 0 spiro atoms. The molecule has 0 atom stereocenters. The number of carbonyl (C=O) groups is 1. The van der Waals surface area contributed by atoms with Crippen molar-refractivity contribution in [2.45, 2.75) is 40.3 Å². The molecule has 1 aromatic rings. The summed E-state index contributed by atoms with van der Waals surface area (Å²) < 4.78 is 40.1. The zero-order chi connectivity index (χ0) is 15.3. The van der Waals surface area contributed by atoms with Gasteiger partial charge in [0.05, 0.1) is 13.0 Å². The lowest BCUT2D eigenvalue weighted by molar-refractivity contribution is -0.139. The van der Waals surface area contributed by atoms with Crippen molar-refractivity contribution < 1.29 is 22.7 Å². The second-order valence-electron chi connectivity index (χ2n) is 2.90. The predicted octanol–water partition coefficient (Wildman–Crippen LogP) is 4.88. The zero-order valence-corrected chi connectivity index (χ0v) is 11.8. The SMILES string of the molecule is CC.CC.O=Cc1ccc(OCCC(F)(F)F)cc1. The molecule has 0 aliphatic rings. The van der Waals surface area contributed by atoms with Crippen molar-refractivity contribution in [1.29, 1.82) is 0 Å². The summed E-state index contributed by atoms with van der Waals surface area (Å²) in [7, 11) is 0. The summed E-state index contributed by atoms with van der Waals surface area (Å²) in [6.45, 7) is 7.59. The van der Waals surface area contributed by atoms with Crippen molar-refractivity contribution >= 4 is 6.29 Å². The molecule has 0 fully saturated rings. The lowest BCUT2D eigenvalue weighted by Gasteiger charge is -2.08. The second-order valence-corrected chi connectivity index (χ2v) is 2.90. The molecule has 0 saturated heterocycles. The van der Waals surface area contributed by atoms with Gasteiger partial charge in [0.1, 0.15) is 12.0 Å². The van der Waals surface area contributed by atoms with E-state index in [9.17, 15) is 18.0 Å². The number of carbonyl (C=O) groups excluding carboxylic acids is 1. The van der Waals surface area contributed by atoms with E-state index in [2.05, 4.69) is 0 Å². The molecule has 0 heterocycles. The molecule has 1 aromatic carbocycles. The van der Waals surface area contributed by atoms with Gasteiger partial charge in [0, 0.05) is 5.56 Å². The van der Waals surface area contributed by atoms with Crippen molar-refractivity contribution in [3.63, 3.8) is 0 Å². The molecule has 19 heavy (non-hydrogen) atoms. The summed E-state index contributed by atoms with van der Waals surface area (Å²) in [6.07, 6.45) is -4.54. The maximum absolute atomic E-state index is 11.8. The van der Waals surface area contributed by atoms with Gasteiger partial charge in [-0.25, -0.2) is 0 Å². The molecular formula is C14H21F3O2. The summed E-state index contributed by atoms with van der Waals surface area (Å²) in [5.74, 6) is 0.324.